The van der Waals surface area contributed by atoms with E-state index < -0.39 is 5.54 Å². The summed E-state index contributed by atoms with van der Waals surface area (Å²) in [5.41, 5.74) is 1.05. The molecule has 7 nitrogen and oxygen atoms in total. The Kier molecular flexibility index (Phi) is 3.71. The van der Waals surface area contributed by atoms with Gasteiger partial charge in [0.2, 0.25) is 0 Å². The van der Waals surface area contributed by atoms with Crippen LogP contribution in [0, 0.1) is 34.0 Å². The lowest BCUT2D eigenvalue weighted by atomic mass is 9.90. The number of urea groups is 1. The first-order chi connectivity index (χ1) is 10.4. The van der Waals surface area contributed by atoms with Crippen molar-refractivity contribution in [2.45, 2.75) is 19.4 Å². The van der Waals surface area contributed by atoms with Crippen molar-refractivity contribution < 1.29 is 4.79 Å². The second-order valence-corrected chi connectivity index (χ2v) is 5.17. The number of nitrogens with zero attached hydrogens (tertiary/aromatic N) is 3. The average molecular weight is 292 g/mol. The van der Waals surface area contributed by atoms with E-state index in [2.05, 4.69) is 16.0 Å². The quantitative estimate of drug-likeness (QED) is 0.721. The molecule has 0 bridgehead atoms. The fraction of sp³-hybridized carbons (Fsp3) is 0.200. The first-order valence-corrected chi connectivity index (χ1v) is 6.36. The van der Waals surface area contributed by atoms with Crippen molar-refractivity contribution in [1.29, 1.82) is 15.8 Å². The van der Waals surface area contributed by atoms with Gasteiger partial charge in [0.15, 0.2) is 5.57 Å². The molecule has 108 valence electrons. The second-order valence-electron chi connectivity index (χ2n) is 5.17. The van der Waals surface area contributed by atoms with Crippen molar-refractivity contribution in [1.82, 2.24) is 5.32 Å². The Labute approximate surface area is 127 Å². The van der Waals surface area contributed by atoms with Gasteiger partial charge in [-0.25, -0.2) is 4.79 Å². The van der Waals surface area contributed by atoms with Gasteiger partial charge in [-0.15, -0.1) is 0 Å². The van der Waals surface area contributed by atoms with Crippen molar-refractivity contribution >= 4 is 17.4 Å². The molecule has 22 heavy (non-hydrogen) atoms. The van der Waals surface area contributed by atoms with Crippen LogP contribution in [0.2, 0.25) is 0 Å². The predicted octanol–water partition coefficient (Wildman–Crippen LogP) is 2.29. The zero-order valence-corrected chi connectivity index (χ0v) is 12.0. The molecule has 2 rings (SSSR count). The SMILES string of the molecule is CC1(C)NC(=O)Nc2ccc(NC(C#N)=C(C#N)C#N)cc21. The summed E-state index contributed by atoms with van der Waals surface area (Å²) in [6.07, 6.45) is 0. The van der Waals surface area contributed by atoms with Gasteiger partial charge in [-0.2, -0.15) is 15.8 Å². The van der Waals surface area contributed by atoms with Crippen LogP contribution in [0.15, 0.2) is 29.5 Å². The summed E-state index contributed by atoms with van der Waals surface area (Å²) in [5, 5.41) is 35.0. The Morgan fingerprint density at radius 3 is 2.45 bits per heavy atom. The molecule has 1 aromatic carbocycles. The van der Waals surface area contributed by atoms with Crippen LogP contribution in [-0.4, -0.2) is 6.03 Å². The number of carbonyl (C=O) groups excluding carboxylic acids is 1. The van der Waals surface area contributed by atoms with Gasteiger partial charge in [0, 0.05) is 16.9 Å². The minimum Gasteiger partial charge on any atom is -0.345 e. The predicted molar refractivity (Wildman–Crippen MR) is 79.1 cm³/mol. The lowest BCUT2D eigenvalue weighted by Crippen LogP contribution is -2.47. The summed E-state index contributed by atoms with van der Waals surface area (Å²) < 4.78 is 0. The minimum absolute atomic E-state index is 0.115. The highest BCUT2D eigenvalue weighted by Gasteiger charge is 2.31. The molecule has 0 unspecified atom stereocenters. The molecule has 2 amide bonds. The zero-order chi connectivity index (χ0) is 16.3. The molecule has 1 aliphatic rings. The molecule has 1 aromatic rings. The van der Waals surface area contributed by atoms with Crippen molar-refractivity contribution in [3.05, 3.63) is 35.0 Å². The molecular weight excluding hydrogens is 280 g/mol. The van der Waals surface area contributed by atoms with Crippen LogP contribution < -0.4 is 16.0 Å². The molecule has 0 fully saturated rings. The lowest BCUT2D eigenvalue weighted by Gasteiger charge is -2.34. The number of hydrogen-bond donors (Lipinski definition) is 3. The normalized spacial score (nSPS) is 14.0. The fourth-order valence-electron chi connectivity index (χ4n) is 2.18. The Morgan fingerprint density at radius 2 is 1.86 bits per heavy atom. The van der Waals surface area contributed by atoms with Gasteiger partial charge in [-0.3, -0.25) is 0 Å². The summed E-state index contributed by atoms with van der Waals surface area (Å²) in [6.45, 7) is 3.71. The van der Waals surface area contributed by atoms with E-state index >= 15 is 0 Å². The molecule has 0 spiro atoms. The molecule has 0 aliphatic carbocycles. The topological polar surface area (TPSA) is 125 Å². The number of hydrogen-bond acceptors (Lipinski definition) is 5. The van der Waals surface area contributed by atoms with E-state index in [0.717, 1.165) is 5.56 Å². The molecule has 3 N–H and O–H groups in total. The van der Waals surface area contributed by atoms with E-state index in [1.807, 2.05) is 13.8 Å². The highest BCUT2D eigenvalue weighted by Crippen LogP contribution is 2.33. The lowest BCUT2D eigenvalue weighted by molar-refractivity contribution is 0.239. The molecule has 1 aliphatic heterocycles. The van der Waals surface area contributed by atoms with Gasteiger partial charge in [0.1, 0.15) is 23.9 Å². The van der Waals surface area contributed by atoms with Crippen molar-refractivity contribution in [2.24, 2.45) is 0 Å². The van der Waals surface area contributed by atoms with Crippen molar-refractivity contribution in [2.75, 3.05) is 10.6 Å². The van der Waals surface area contributed by atoms with E-state index in [9.17, 15) is 4.79 Å². The summed E-state index contributed by atoms with van der Waals surface area (Å²) in [5.74, 6) is 0. The number of fused-ring (bicyclic) bond motifs is 1. The summed E-state index contributed by atoms with van der Waals surface area (Å²) in [7, 11) is 0. The van der Waals surface area contributed by atoms with Crippen LogP contribution in [0.1, 0.15) is 19.4 Å². The number of nitriles is 3. The maximum atomic E-state index is 11.6. The number of allylic oxidation sites excluding steroid dienone is 2. The van der Waals surface area contributed by atoms with Gasteiger partial charge in [-0.05, 0) is 32.0 Å². The Balaban J connectivity index is 2.44. The van der Waals surface area contributed by atoms with Crippen LogP contribution in [0.3, 0.4) is 0 Å². The van der Waals surface area contributed by atoms with E-state index in [1.165, 1.54) is 0 Å². The minimum atomic E-state index is -0.584. The van der Waals surface area contributed by atoms with E-state index in [0.29, 0.717) is 11.4 Å². The Bertz CT molecular complexity index is 785. The first kappa shape index (κ1) is 14.9. The first-order valence-electron chi connectivity index (χ1n) is 6.36. The highest BCUT2D eigenvalue weighted by molar-refractivity contribution is 5.94. The van der Waals surface area contributed by atoms with Gasteiger partial charge < -0.3 is 16.0 Å². The number of amides is 2. The molecule has 0 atom stereocenters. The van der Waals surface area contributed by atoms with Gasteiger partial charge >= 0.3 is 6.03 Å². The van der Waals surface area contributed by atoms with E-state index in [1.54, 1.807) is 36.4 Å². The summed E-state index contributed by atoms with van der Waals surface area (Å²) >= 11 is 0. The molecule has 1 heterocycles. The van der Waals surface area contributed by atoms with Gasteiger partial charge in [0.25, 0.3) is 0 Å². The van der Waals surface area contributed by atoms with Crippen LogP contribution in [-0.2, 0) is 5.54 Å². The number of rotatable bonds is 2. The molecule has 0 saturated carbocycles. The molecule has 7 heteroatoms. The second kappa shape index (κ2) is 5.47. The number of carbonyl (C=O) groups is 1. The maximum absolute atomic E-state index is 11.6. The molecule has 0 saturated heterocycles. The van der Waals surface area contributed by atoms with Crippen LogP contribution in [0.25, 0.3) is 0 Å². The third-order valence-corrected chi connectivity index (χ3v) is 3.22. The van der Waals surface area contributed by atoms with E-state index in [4.69, 9.17) is 15.8 Å². The molecule has 0 radical (unpaired) electrons. The Morgan fingerprint density at radius 1 is 1.18 bits per heavy atom. The number of anilines is 2. The largest absolute Gasteiger partial charge is 0.345 e. The van der Waals surface area contributed by atoms with Crippen LogP contribution in [0.5, 0.6) is 0 Å². The van der Waals surface area contributed by atoms with Gasteiger partial charge in [-0.1, -0.05) is 0 Å². The zero-order valence-electron chi connectivity index (χ0n) is 12.0. The average Bonchev–Trinajstić information content (AvgIpc) is 2.47. The van der Waals surface area contributed by atoms with Crippen molar-refractivity contribution in [3.8, 4) is 18.2 Å². The van der Waals surface area contributed by atoms with Crippen LogP contribution in [0.4, 0.5) is 16.2 Å². The number of nitrogens with one attached hydrogen (secondary N) is 3. The van der Waals surface area contributed by atoms with Crippen LogP contribution >= 0.6 is 0 Å². The Hall–Kier alpha value is -3.50. The monoisotopic (exact) mass is 292 g/mol. The smallest absolute Gasteiger partial charge is 0.319 e. The molecular formula is C15H12N6O. The standard InChI is InChI=1S/C15H12N6O/c1-15(2)11-5-10(3-4-12(11)20-14(22)21-15)19-13(8-18)9(6-16)7-17/h3-5,19H,1-2H3,(H2,20,21,22). The van der Waals surface area contributed by atoms with E-state index in [-0.39, 0.29) is 17.3 Å². The fourth-order valence-corrected chi connectivity index (χ4v) is 2.18. The summed E-state index contributed by atoms with van der Waals surface area (Å²) in [4.78, 5) is 11.6. The molecule has 0 aromatic heterocycles. The van der Waals surface area contributed by atoms with Gasteiger partial charge in [0.05, 0.1) is 5.54 Å². The maximum Gasteiger partial charge on any atom is 0.319 e. The summed E-state index contributed by atoms with van der Waals surface area (Å²) in [6, 6.07) is 9.97. The number of benzene rings is 1. The third kappa shape index (κ3) is 2.67. The van der Waals surface area contributed by atoms with Crippen molar-refractivity contribution in [3.63, 3.8) is 0 Å². The third-order valence-electron chi connectivity index (χ3n) is 3.22. The highest BCUT2D eigenvalue weighted by atomic mass is 16.2.